The first-order valence-corrected chi connectivity index (χ1v) is 6.88. The molecule has 1 amide bonds. The van der Waals surface area contributed by atoms with Crippen molar-refractivity contribution in [2.45, 2.75) is 12.8 Å². The molecule has 0 aromatic heterocycles. The first-order chi connectivity index (χ1) is 10.5. The molecule has 0 fully saturated rings. The van der Waals surface area contributed by atoms with Crippen LogP contribution < -0.4 is 5.32 Å². The van der Waals surface area contributed by atoms with Crippen LogP contribution in [0.15, 0.2) is 48.5 Å². The lowest BCUT2D eigenvalue weighted by Gasteiger charge is -2.06. The molecule has 4 nitrogen and oxygen atoms in total. The number of carbonyl (C=O) groups excluding carboxylic acids is 1. The number of carboxylic acid groups (broad SMARTS) is 1. The van der Waals surface area contributed by atoms with Gasteiger partial charge in [-0.1, -0.05) is 24.3 Å². The van der Waals surface area contributed by atoms with E-state index in [1.165, 1.54) is 24.3 Å². The van der Waals surface area contributed by atoms with Crippen LogP contribution in [0.3, 0.4) is 0 Å². The van der Waals surface area contributed by atoms with Gasteiger partial charge >= 0.3 is 5.97 Å². The Bertz CT molecular complexity index is 668. The third-order valence-electron chi connectivity index (χ3n) is 3.19. The van der Waals surface area contributed by atoms with E-state index in [0.29, 0.717) is 18.5 Å². The maximum Gasteiger partial charge on any atom is 0.335 e. The summed E-state index contributed by atoms with van der Waals surface area (Å²) < 4.78 is 13.0. The average molecular weight is 301 g/mol. The van der Waals surface area contributed by atoms with E-state index in [9.17, 15) is 14.0 Å². The van der Waals surface area contributed by atoms with E-state index < -0.39 is 5.97 Å². The van der Waals surface area contributed by atoms with Gasteiger partial charge in [-0.05, 0) is 41.8 Å². The summed E-state index contributed by atoms with van der Waals surface area (Å²) in [6.45, 7) is 0.445. The number of carboxylic acids is 1. The molecule has 0 spiro atoms. The van der Waals surface area contributed by atoms with Gasteiger partial charge in [-0.3, -0.25) is 4.79 Å². The van der Waals surface area contributed by atoms with Crippen LogP contribution in [-0.4, -0.2) is 23.5 Å². The van der Waals surface area contributed by atoms with Crippen LogP contribution in [0.2, 0.25) is 0 Å². The van der Waals surface area contributed by atoms with Crippen molar-refractivity contribution < 1.29 is 19.1 Å². The van der Waals surface area contributed by atoms with Gasteiger partial charge in [0, 0.05) is 6.54 Å². The smallest absolute Gasteiger partial charge is 0.335 e. The second-order valence-electron chi connectivity index (χ2n) is 4.91. The summed E-state index contributed by atoms with van der Waals surface area (Å²) in [4.78, 5) is 22.5. The summed E-state index contributed by atoms with van der Waals surface area (Å²) in [5.41, 5.74) is 1.80. The van der Waals surface area contributed by atoms with Gasteiger partial charge in [0.1, 0.15) is 5.82 Å². The Labute approximate surface area is 127 Å². The number of nitrogens with one attached hydrogen (secondary N) is 1. The number of hydrogen-bond acceptors (Lipinski definition) is 2. The van der Waals surface area contributed by atoms with E-state index in [0.717, 1.165) is 5.56 Å². The molecule has 0 bridgehead atoms. The Morgan fingerprint density at radius 2 is 1.77 bits per heavy atom. The highest BCUT2D eigenvalue weighted by Gasteiger charge is 2.05. The minimum Gasteiger partial charge on any atom is -0.478 e. The average Bonchev–Trinajstić information content (AvgIpc) is 2.47. The topological polar surface area (TPSA) is 66.4 Å². The van der Waals surface area contributed by atoms with Crippen molar-refractivity contribution in [2.75, 3.05) is 6.54 Å². The molecule has 2 N–H and O–H groups in total. The van der Waals surface area contributed by atoms with Crippen molar-refractivity contribution in [2.24, 2.45) is 0 Å². The molecule has 0 saturated heterocycles. The lowest BCUT2D eigenvalue weighted by atomic mass is 10.1. The van der Waals surface area contributed by atoms with Gasteiger partial charge < -0.3 is 10.4 Å². The number of amides is 1. The second-order valence-corrected chi connectivity index (χ2v) is 4.91. The molecule has 0 radical (unpaired) electrons. The van der Waals surface area contributed by atoms with Crippen LogP contribution in [0, 0.1) is 5.82 Å². The third-order valence-corrected chi connectivity index (χ3v) is 3.19. The molecule has 2 rings (SSSR count). The van der Waals surface area contributed by atoms with Crippen molar-refractivity contribution in [3.05, 3.63) is 71.0 Å². The highest BCUT2D eigenvalue weighted by Crippen LogP contribution is 2.06. The number of hydrogen-bond donors (Lipinski definition) is 2. The molecule has 0 heterocycles. The first kappa shape index (κ1) is 15.7. The molecule has 5 heteroatoms. The van der Waals surface area contributed by atoms with Crippen LogP contribution in [0.25, 0.3) is 0 Å². The zero-order valence-corrected chi connectivity index (χ0v) is 11.9. The van der Waals surface area contributed by atoms with Crippen LogP contribution in [0.4, 0.5) is 4.39 Å². The highest BCUT2D eigenvalue weighted by molar-refractivity contribution is 5.87. The Kier molecular flexibility index (Phi) is 5.25. The van der Waals surface area contributed by atoms with E-state index >= 15 is 0 Å². The molecule has 2 aromatic carbocycles. The summed E-state index contributed by atoms with van der Waals surface area (Å²) in [6, 6.07) is 12.5. The maximum atomic E-state index is 13.0. The molecule has 0 aliphatic carbocycles. The van der Waals surface area contributed by atoms with Gasteiger partial charge in [-0.25, -0.2) is 9.18 Å². The molecular formula is C17H16FNO3. The van der Waals surface area contributed by atoms with E-state index in [4.69, 9.17) is 5.11 Å². The number of rotatable bonds is 6. The summed E-state index contributed by atoms with van der Waals surface area (Å²) in [6.07, 6.45) is 0.741. The van der Waals surface area contributed by atoms with E-state index in [1.54, 1.807) is 24.3 Å². The molecule has 0 unspecified atom stereocenters. The van der Waals surface area contributed by atoms with Crippen molar-refractivity contribution in [3.63, 3.8) is 0 Å². The molecule has 114 valence electrons. The predicted molar refractivity (Wildman–Crippen MR) is 80.2 cm³/mol. The molecular weight excluding hydrogens is 285 g/mol. The lowest BCUT2D eigenvalue weighted by molar-refractivity contribution is -0.120. The second kappa shape index (κ2) is 7.36. The van der Waals surface area contributed by atoms with Crippen LogP contribution in [-0.2, 0) is 17.6 Å². The largest absolute Gasteiger partial charge is 0.478 e. The standard InChI is InChI=1S/C17H16FNO3/c18-15-3-1-2-13(10-15)11-16(20)19-9-8-12-4-6-14(7-5-12)17(21)22/h1-7,10H,8-9,11H2,(H,19,20)(H,21,22). The van der Waals surface area contributed by atoms with Gasteiger partial charge in [0.15, 0.2) is 0 Å². The maximum absolute atomic E-state index is 13.0. The zero-order chi connectivity index (χ0) is 15.9. The number of carbonyl (C=O) groups is 2. The van der Waals surface area contributed by atoms with Crippen molar-refractivity contribution in [1.82, 2.24) is 5.32 Å². The van der Waals surface area contributed by atoms with Crippen LogP contribution >= 0.6 is 0 Å². The van der Waals surface area contributed by atoms with E-state index in [-0.39, 0.29) is 23.7 Å². The minimum absolute atomic E-state index is 0.135. The van der Waals surface area contributed by atoms with Crippen molar-refractivity contribution in [1.29, 1.82) is 0 Å². The van der Waals surface area contributed by atoms with Crippen molar-refractivity contribution in [3.8, 4) is 0 Å². The van der Waals surface area contributed by atoms with Crippen LogP contribution in [0.1, 0.15) is 21.5 Å². The Morgan fingerprint density at radius 1 is 1.05 bits per heavy atom. The number of benzene rings is 2. The molecule has 0 aliphatic rings. The fraction of sp³-hybridized carbons (Fsp3) is 0.176. The van der Waals surface area contributed by atoms with Gasteiger partial charge in [0.2, 0.25) is 5.91 Å². The van der Waals surface area contributed by atoms with Crippen molar-refractivity contribution >= 4 is 11.9 Å². The fourth-order valence-corrected chi connectivity index (χ4v) is 2.06. The molecule has 0 aliphatic heterocycles. The Balaban J connectivity index is 1.78. The highest BCUT2D eigenvalue weighted by atomic mass is 19.1. The van der Waals surface area contributed by atoms with E-state index in [1.807, 2.05) is 0 Å². The van der Waals surface area contributed by atoms with Gasteiger partial charge in [-0.15, -0.1) is 0 Å². The molecule has 0 saturated carbocycles. The molecule has 0 atom stereocenters. The quantitative estimate of drug-likeness (QED) is 0.861. The molecule has 22 heavy (non-hydrogen) atoms. The SMILES string of the molecule is O=C(Cc1cccc(F)c1)NCCc1ccc(C(=O)O)cc1. The number of halogens is 1. The van der Waals surface area contributed by atoms with Gasteiger partial charge in [-0.2, -0.15) is 0 Å². The Hall–Kier alpha value is -2.69. The van der Waals surface area contributed by atoms with Crippen LogP contribution in [0.5, 0.6) is 0 Å². The number of aromatic carboxylic acids is 1. The monoisotopic (exact) mass is 301 g/mol. The van der Waals surface area contributed by atoms with Gasteiger partial charge in [0.25, 0.3) is 0 Å². The zero-order valence-electron chi connectivity index (χ0n) is 11.9. The minimum atomic E-state index is -0.963. The molecule has 2 aromatic rings. The van der Waals surface area contributed by atoms with Gasteiger partial charge in [0.05, 0.1) is 12.0 Å². The summed E-state index contributed by atoms with van der Waals surface area (Å²) in [7, 11) is 0. The fourth-order valence-electron chi connectivity index (χ4n) is 2.06. The Morgan fingerprint density at radius 3 is 2.41 bits per heavy atom. The normalized spacial score (nSPS) is 10.2. The summed E-state index contributed by atoms with van der Waals surface area (Å²) in [5.74, 6) is -1.49. The first-order valence-electron chi connectivity index (χ1n) is 6.88. The summed E-state index contributed by atoms with van der Waals surface area (Å²) in [5, 5.41) is 11.6. The lowest BCUT2D eigenvalue weighted by Crippen LogP contribution is -2.27. The third kappa shape index (κ3) is 4.70. The summed E-state index contributed by atoms with van der Waals surface area (Å²) >= 11 is 0. The van der Waals surface area contributed by atoms with E-state index in [2.05, 4.69) is 5.32 Å². The predicted octanol–water partition coefficient (Wildman–Crippen LogP) is 2.43.